The van der Waals surface area contributed by atoms with Gasteiger partial charge in [0.05, 0.1) is 11.9 Å². The molecule has 1 saturated heterocycles. The average Bonchev–Trinajstić information content (AvgIpc) is 2.79. The quantitative estimate of drug-likeness (QED) is 0.821. The number of hydrogen-bond acceptors (Lipinski definition) is 7. The first kappa shape index (κ1) is 15.2. The Morgan fingerprint density at radius 2 is 1.95 bits per heavy atom. The lowest BCUT2D eigenvalue weighted by atomic mass is 10.3. The molecule has 7 nitrogen and oxygen atoms in total. The van der Waals surface area contributed by atoms with Crippen molar-refractivity contribution < 1.29 is 0 Å². The first-order valence-corrected chi connectivity index (χ1v) is 8.23. The number of aryl methyl sites for hydroxylation is 2. The normalized spacial score (nSPS) is 16.0. The van der Waals surface area contributed by atoms with Crippen LogP contribution in [0.4, 0.5) is 10.8 Å². The van der Waals surface area contributed by atoms with Crippen molar-refractivity contribution in [2.45, 2.75) is 13.3 Å². The number of rotatable bonds is 2. The Morgan fingerprint density at radius 1 is 1.23 bits per heavy atom. The average molecular weight is 341 g/mol. The maximum atomic E-state index is 11.9. The first-order chi connectivity index (χ1) is 10.6. The fraction of sp³-hybridized carbons (Fsp3) is 0.538. The molecule has 0 N–H and O–H groups in total. The summed E-state index contributed by atoms with van der Waals surface area (Å²) in [6.07, 6.45) is 2.62. The van der Waals surface area contributed by atoms with E-state index in [0.29, 0.717) is 5.69 Å². The number of anilines is 2. The van der Waals surface area contributed by atoms with Crippen LogP contribution in [0.5, 0.6) is 0 Å². The Balaban J connectivity index is 1.78. The zero-order chi connectivity index (χ0) is 15.7. The van der Waals surface area contributed by atoms with Crippen LogP contribution in [-0.2, 0) is 7.05 Å². The number of aromatic nitrogens is 4. The molecule has 0 aliphatic carbocycles. The smallest absolute Gasteiger partial charge is 0.287 e. The highest BCUT2D eigenvalue weighted by Gasteiger charge is 2.20. The van der Waals surface area contributed by atoms with E-state index < -0.39 is 0 Å². The maximum Gasteiger partial charge on any atom is 0.287 e. The van der Waals surface area contributed by atoms with Crippen LogP contribution >= 0.6 is 23.1 Å². The van der Waals surface area contributed by atoms with Crippen LogP contribution in [0.1, 0.15) is 12.2 Å². The third-order valence-electron chi connectivity index (χ3n) is 3.68. The van der Waals surface area contributed by atoms with E-state index in [9.17, 15) is 4.79 Å². The van der Waals surface area contributed by atoms with Crippen molar-refractivity contribution in [1.29, 1.82) is 0 Å². The second kappa shape index (κ2) is 6.21. The lowest BCUT2D eigenvalue weighted by Crippen LogP contribution is -2.32. The van der Waals surface area contributed by atoms with Crippen molar-refractivity contribution in [1.82, 2.24) is 19.1 Å². The van der Waals surface area contributed by atoms with E-state index in [-0.39, 0.29) is 10.6 Å². The number of hydrogen-bond donors (Lipinski definition) is 0. The molecule has 9 heteroatoms. The molecule has 118 valence electrons. The molecule has 3 heterocycles. The van der Waals surface area contributed by atoms with E-state index in [1.54, 1.807) is 13.2 Å². The van der Waals surface area contributed by atoms with Crippen LogP contribution in [0.25, 0.3) is 0 Å². The summed E-state index contributed by atoms with van der Waals surface area (Å²) < 4.78 is 5.49. The van der Waals surface area contributed by atoms with E-state index in [0.717, 1.165) is 43.6 Å². The van der Waals surface area contributed by atoms with Crippen LogP contribution < -0.4 is 15.4 Å². The van der Waals surface area contributed by atoms with Crippen LogP contribution in [0, 0.1) is 6.92 Å². The summed E-state index contributed by atoms with van der Waals surface area (Å²) >= 11 is 7.62. The van der Waals surface area contributed by atoms with Gasteiger partial charge in [-0.2, -0.15) is 9.47 Å². The first-order valence-electron chi connectivity index (χ1n) is 7.08. The zero-order valence-corrected chi connectivity index (χ0v) is 14.1. The fourth-order valence-corrected chi connectivity index (χ4v) is 3.50. The van der Waals surface area contributed by atoms with Crippen LogP contribution in [0.3, 0.4) is 0 Å². The summed E-state index contributed by atoms with van der Waals surface area (Å²) in [7, 11) is 1.60. The molecule has 0 radical (unpaired) electrons. The van der Waals surface area contributed by atoms with Gasteiger partial charge in [-0.3, -0.25) is 4.79 Å². The third kappa shape index (κ3) is 2.93. The van der Waals surface area contributed by atoms with Crippen molar-refractivity contribution in [3.8, 4) is 0 Å². The Labute approximate surface area is 137 Å². The maximum absolute atomic E-state index is 11.9. The van der Waals surface area contributed by atoms with Crippen molar-refractivity contribution in [2.24, 2.45) is 7.05 Å². The lowest BCUT2D eigenvalue weighted by molar-refractivity contribution is 0.699. The molecule has 0 saturated carbocycles. The van der Waals surface area contributed by atoms with Gasteiger partial charge in [-0.1, -0.05) is 11.6 Å². The number of halogens is 1. The predicted molar refractivity (Wildman–Crippen MR) is 88.2 cm³/mol. The van der Waals surface area contributed by atoms with Gasteiger partial charge < -0.3 is 9.80 Å². The summed E-state index contributed by atoms with van der Waals surface area (Å²) in [4.78, 5) is 20.7. The van der Waals surface area contributed by atoms with Crippen LogP contribution in [-0.4, -0.2) is 45.3 Å². The molecule has 0 spiro atoms. The van der Waals surface area contributed by atoms with E-state index in [4.69, 9.17) is 11.6 Å². The van der Waals surface area contributed by atoms with Gasteiger partial charge in [-0.15, -0.1) is 0 Å². The molecule has 0 aromatic carbocycles. The highest BCUT2D eigenvalue weighted by molar-refractivity contribution is 7.09. The van der Waals surface area contributed by atoms with Gasteiger partial charge in [-0.25, -0.2) is 9.67 Å². The van der Waals surface area contributed by atoms with Gasteiger partial charge in [0.2, 0.25) is 5.13 Å². The molecule has 0 amide bonds. The van der Waals surface area contributed by atoms with Gasteiger partial charge in [0.15, 0.2) is 0 Å². The fourth-order valence-electron chi connectivity index (χ4n) is 2.49. The topological polar surface area (TPSA) is 67.2 Å². The summed E-state index contributed by atoms with van der Waals surface area (Å²) in [5, 5.41) is 5.26. The van der Waals surface area contributed by atoms with E-state index in [2.05, 4.69) is 24.3 Å². The van der Waals surface area contributed by atoms with Gasteiger partial charge in [0, 0.05) is 44.8 Å². The third-order valence-corrected chi connectivity index (χ3v) is 4.91. The zero-order valence-electron chi connectivity index (χ0n) is 12.5. The highest BCUT2D eigenvalue weighted by atomic mass is 35.5. The lowest BCUT2D eigenvalue weighted by Gasteiger charge is -2.23. The number of nitrogens with zero attached hydrogens (tertiary/aromatic N) is 6. The molecule has 0 bridgehead atoms. The second-order valence-electron chi connectivity index (χ2n) is 5.22. The summed E-state index contributed by atoms with van der Waals surface area (Å²) in [5.41, 5.74) is 0.445. The van der Waals surface area contributed by atoms with Crippen molar-refractivity contribution in [3.63, 3.8) is 0 Å². The van der Waals surface area contributed by atoms with Crippen molar-refractivity contribution in [2.75, 3.05) is 36.0 Å². The minimum absolute atomic E-state index is 0.234. The Morgan fingerprint density at radius 3 is 2.68 bits per heavy atom. The van der Waals surface area contributed by atoms with Gasteiger partial charge in [-0.05, 0) is 13.3 Å². The van der Waals surface area contributed by atoms with Gasteiger partial charge in [0.25, 0.3) is 5.56 Å². The van der Waals surface area contributed by atoms with E-state index in [1.807, 2.05) is 6.92 Å². The molecule has 0 unspecified atom stereocenters. The molecule has 0 atom stereocenters. The van der Waals surface area contributed by atoms with Crippen LogP contribution in [0.15, 0.2) is 11.0 Å². The molecular formula is C13H17ClN6OS. The Bertz CT molecular complexity index is 730. The Hall–Kier alpha value is -1.67. The van der Waals surface area contributed by atoms with Gasteiger partial charge in [0.1, 0.15) is 10.8 Å². The molecule has 2 aromatic rings. The molecule has 22 heavy (non-hydrogen) atoms. The molecule has 1 fully saturated rings. The van der Waals surface area contributed by atoms with E-state index in [1.165, 1.54) is 16.2 Å². The van der Waals surface area contributed by atoms with Crippen LogP contribution in [0.2, 0.25) is 5.02 Å². The van der Waals surface area contributed by atoms with Crippen molar-refractivity contribution >= 4 is 34.0 Å². The molecule has 1 aliphatic heterocycles. The monoisotopic (exact) mass is 340 g/mol. The predicted octanol–water partition coefficient (Wildman–Crippen LogP) is 1.31. The van der Waals surface area contributed by atoms with Crippen molar-refractivity contribution in [3.05, 3.63) is 27.4 Å². The SMILES string of the molecule is Cc1nsc(N2CCCN(c3cnn(C)c(=O)c3Cl)CC2)n1. The largest absolute Gasteiger partial charge is 0.367 e. The highest BCUT2D eigenvalue weighted by Crippen LogP contribution is 2.24. The molecular weight excluding hydrogens is 324 g/mol. The standard InChI is InChI=1S/C13H17ClN6OS/c1-9-16-13(22-17-9)20-5-3-4-19(6-7-20)10-8-15-18(2)12(21)11(10)14/h8H,3-7H2,1-2H3. The summed E-state index contributed by atoms with van der Waals surface area (Å²) in [6, 6.07) is 0. The Kier molecular flexibility index (Phi) is 4.30. The summed E-state index contributed by atoms with van der Waals surface area (Å²) in [6.45, 7) is 5.24. The summed E-state index contributed by atoms with van der Waals surface area (Å²) in [5.74, 6) is 0.805. The molecule has 1 aliphatic rings. The molecule has 3 rings (SSSR count). The van der Waals surface area contributed by atoms with Gasteiger partial charge >= 0.3 is 0 Å². The second-order valence-corrected chi connectivity index (χ2v) is 6.33. The minimum Gasteiger partial charge on any atom is -0.367 e. The molecule has 2 aromatic heterocycles. The van der Waals surface area contributed by atoms with E-state index >= 15 is 0 Å². The minimum atomic E-state index is -0.264.